The zero-order chi connectivity index (χ0) is 13.1. The average Bonchev–Trinajstić information content (AvgIpc) is 2.98. The number of carbonyl (C=O) groups excluding carboxylic acids is 1. The molecule has 0 radical (unpaired) electrons. The molecule has 1 atom stereocenters. The fourth-order valence-corrected chi connectivity index (χ4v) is 3.10. The largest absolute Gasteiger partial charge is 0.339 e. The van der Waals surface area contributed by atoms with Gasteiger partial charge in [-0.25, -0.2) is 9.67 Å². The summed E-state index contributed by atoms with van der Waals surface area (Å²) in [6, 6.07) is 1.69. The molecule has 0 aromatic carbocycles. The summed E-state index contributed by atoms with van der Waals surface area (Å²) in [7, 11) is 1.80. The maximum absolute atomic E-state index is 12.2. The number of carbonyl (C=O) groups is 1. The maximum Gasteiger partial charge on any atom is 0.247 e. The van der Waals surface area contributed by atoms with Gasteiger partial charge in [0.2, 0.25) is 5.91 Å². The normalized spacial score (nSPS) is 12.4. The molecule has 0 saturated carbocycles. The molecule has 96 valence electrons. The van der Waals surface area contributed by atoms with E-state index in [2.05, 4.69) is 26.0 Å². The van der Waals surface area contributed by atoms with Gasteiger partial charge in [-0.15, -0.1) is 11.3 Å². The van der Waals surface area contributed by atoms with Gasteiger partial charge in [0, 0.05) is 21.8 Å². The van der Waals surface area contributed by atoms with Crippen LogP contribution < -0.4 is 0 Å². The van der Waals surface area contributed by atoms with Crippen molar-refractivity contribution in [2.45, 2.75) is 19.5 Å². The molecule has 2 aromatic heterocycles. The van der Waals surface area contributed by atoms with Crippen LogP contribution in [-0.4, -0.2) is 32.6 Å². The first-order chi connectivity index (χ1) is 8.58. The van der Waals surface area contributed by atoms with Gasteiger partial charge in [0.15, 0.2) is 0 Å². The minimum atomic E-state index is -0.332. The Morgan fingerprint density at radius 1 is 1.67 bits per heavy atom. The van der Waals surface area contributed by atoms with Crippen molar-refractivity contribution in [3.05, 3.63) is 33.5 Å². The first-order valence-corrected chi connectivity index (χ1v) is 7.07. The summed E-state index contributed by atoms with van der Waals surface area (Å²) in [5, 5.41) is 5.99. The van der Waals surface area contributed by atoms with Gasteiger partial charge in [-0.2, -0.15) is 5.10 Å². The van der Waals surface area contributed by atoms with Crippen molar-refractivity contribution in [1.29, 1.82) is 0 Å². The molecule has 0 fully saturated rings. The Hall–Kier alpha value is -1.21. The van der Waals surface area contributed by atoms with Gasteiger partial charge in [-0.3, -0.25) is 4.79 Å². The van der Waals surface area contributed by atoms with Crippen molar-refractivity contribution >= 4 is 33.2 Å². The third kappa shape index (κ3) is 2.97. The van der Waals surface area contributed by atoms with Crippen LogP contribution in [0.25, 0.3) is 0 Å². The number of hydrogen-bond donors (Lipinski definition) is 0. The number of hydrogen-bond acceptors (Lipinski definition) is 4. The SMILES string of the molecule is C[C@@H](C(=O)N(C)Cc1cc(Br)cs1)n1cncn1. The lowest BCUT2D eigenvalue weighted by molar-refractivity contribution is -0.133. The van der Waals surface area contributed by atoms with E-state index in [9.17, 15) is 4.79 Å². The molecule has 2 rings (SSSR count). The second-order valence-corrected chi connectivity index (χ2v) is 5.89. The first-order valence-electron chi connectivity index (χ1n) is 5.40. The van der Waals surface area contributed by atoms with Crippen LogP contribution >= 0.6 is 27.3 Å². The molecule has 0 aliphatic heterocycles. The fourth-order valence-electron chi connectivity index (χ4n) is 1.60. The van der Waals surface area contributed by atoms with Crippen LogP contribution in [0.2, 0.25) is 0 Å². The number of halogens is 1. The highest BCUT2D eigenvalue weighted by Crippen LogP contribution is 2.21. The highest BCUT2D eigenvalue weighted by Gasteiger charge is 2.20. The number of nitrogens with zero attached hydrogens (tertiary/aromatic N) is 4. The third-order valence-electron chi connectivity index (χ3n) is 2.58. The topological polar surface area (TPSA) is 51.0 Å². The number of aromatic nitrogens is 3. The smallest absolute Gasteiger partial charge is 0.247 e. The molecule has 0 spiro atoms. The van der Waals surface area contributed by atoms with Gasteiger partial charge in [0.1, 0.15) is 18.7 Å². The van der Waals surface area contributed by atoms with E-state index in [4.69, 9.17) is 0 Å². The van der Waals surface area contributed by atoms with Gasteiger partial charge < -0.3 is 4.90 Å². The van der Waals surface area contributed by atoms with Crippen LogP contribution in [0.4, 0.5) is 0 Å². The number of likely N-dealkylation sites (N-methyl/N-ethyl adjacent to an activating group) is 1. The summed E-state index contributed by atoms with van der Waals surface area (Å²) in [4.78, 5) is 18.9. The molecule has 5 nitrogen and oxygen atoms in total. The Balaban J connectivity index is 2.00. The fraction of sp³-hybridized carbons (Fsp3) is 0.364. The van der Waals surface area contributed by atoms with E-state index >= 15 is 0 Å². The minimum Gasteiger partial charge on any atom is -0.339 e. The van der Waals surface area contributed by atoms with E-state index in [1.165, 1.54) is 6.33 Å². The summed E-state index contributed by atoms with van der Waals surface area (Å²) in [6.07, 6.45) is 2.98. The summed E-state index contributed by atoms with van der Waals surface area (Å²) in [6.45, 7) is 2.42. The Bertz CT molecular complexity index is 525. The van der Waals surface area contributed by atoms with Gasteiger partial charge in [-0.05, 0) is 28.9 Å². The lowest BCUT2D eigenvalue weighted by Crippen LogP contribution is -2.32. The minimum absolute atomic E-state index is 0.0185. The van der Waals surface area contributed by atoms with E-state index in [1.807, 2.05) is 18.4 Å². The van der Waals surface area contributed by atoms with Crippen molar-refractivity contribution in [3.63, 3.8) is 0 Å². The van der Waals surface area contributed by atoms with Gasteiger partial charge in [0.25, 0.3) is 0 Å². The van der Waals surface area contributed by atoms with E-state index in [-0.39, 0.29) is 11.9 Å². The molecule has 2 aromatic rings. The van der Waals surface area contributed by atoms with Crippen molar-refractivity contribution in [2.24, 2.45) is 0 Å². The molecular weight excluding hydrogens is 316 g/mol. The Kier molecular flexibility index (Phi) is 4.13. The van der Waals surface area contributed by atoms with E-state index in [0.717, 1.165) is 9.35 Å². The van der Waals surface area contributed by atoms with Gasteiger partial charge in [0.05, 0.1) is 6.54 Å². The van der Waals surface area contributed by atoms with Crippen LogP contribution in [-0.2, 0) is 11.3 Å². The Labute approximate surface area is 118 Å². The zero-order valence-electron chi connectivity index (χ0n) is 10.1. The van der Waals surface area contributed by atoms with E-state index in [0.29, 0.717) is 6.54 Å². The summed E-state index contributed by atoms with van der Waals surface area (Å²) in [5.74, 6) is 0.0185. The van der Waals surface area contributed by atoms with Gasteiger partial charge >= 0.3 is 0 Å². The molecular formula is C11H13BrN4OS. The lowest BCUT2D eigenvalue weighted by Gasteiger charge is -2.20. The summed E-state index contributed by atoms with van der Waals surface area (Å²) < 4.78 is 2.61. The van der Waals surface area contributed by atoms with Crippen LogP contribution in [0.5, 0.6) is 0 Å². The summed E-state index contributed by atoms with van der Waals surface area (Å²) in [5.41, 5.74) is 0. The molecule has 0 bridgehead atoms. The Morgan fingerprint density at radius 2 is 2.44 bits per heavy atom. The first kappa shape index (κ1) is 13.2. The number of rotatable bonds is 4. The molecule has 0 N–H and O–H groups in total. The molecule has 0 aliphatic rings. The molecule has 2 heterocycles. The molecule has 1 amide bonds. The van der Waals surface area contributed by atoms with Crippen LogP contribution in [0, 0.1) is 0 Å². The maximum atomic E-state index is 12.2. The monoisotopic (exact) mass is 328 g/mol. The highest BCUT2D eigenvalue weighted by atomic mass is 79.9. The van der Waals surface area contributed by atoms with Crippen LogP contribution in [0.3, 0.4) is 0 Å². The second kappa shape index (κ2) is 5.62. The lowest BCUT2D eigenvalue weighted by atomic mass is 10.3. The molecule has 18 heavy (non-hydrogen) atoms. The number of thiophene rings is 1. The molecule has 0 aliphatic carbocycles. The second-order valence-electron chi connectivity index (χ2n) is 3.98. The Morgan fingerprint density at radius 3 is 3.00 bits per heavy atom. The summed E-state index contributed by atoms with van der Waals surface area (Å²) >= 11 is 5.03. The molecule has 0 saturated heterocycles. The van der Waals surface area contributed by atoms with E-state index < -0.39 is 0 Å². The molecule has 7 heteroatoms. The van der Waals surface area contributed by atoms with Crippen LogP contribution in [0.1, 0.15) is 17.8 Å². The predicted octanol–water partition coefficient (Wildman–Crippen LogP) is 2.32. The van der Waals surface area contributed by atoms with Crippen molar-refractivity contribution < 1.29 is 4.79 Å². The molecule has 0 unspecified atom stereocenters. The van der Waals surface area contributed by atoms with Crippen molar-refractivity contribution in [2.75, 3.05) is 7.05 Å². The van der Waals surface area contributed by atoms with Crippen molar-refractivity contribution in [1.82, 2.24) is 19.7 Å². The van der Waals surface area contributed by atoms with Crippen molar-refractivity contribution in [3.8, 4) is 0 Å². The average molecular weight is 329 g/mol. The van der Waals surface area contributed by atoms with E-state index in [1.54, 1.807) is 34.3 Å². The third-order valence-corrected chi connectivity index (χ3v) is 4.26. The van der Waals surface area contributed by atoms with Crippen LogP contribution in [0.15, 0.2) is 28.6 Å². The quantitative estimate of drug-likeness (QED) is 0.865. The highest BCUT2D eigenvalue weighted by molar-refractivity contribution is 9.10. The van der Waals surface area contributed by atoms with Gasteiger partial charge in [-0.1, -0.05) is 0 Å². The zero-order valence-corrected chi connectivity index (χ0v) is 12.5. The standard InChI is InChI=1S/C11H13BrN4OS/c1-8(16-7-13-6-14-16)11(17)15(2)4-10-3-9(12)5-18-10/h3,5-8H,4H2,1-2H3/t8-/m0/s1. The predicted molar refractivity (Wildman–Crippen MR) is 73.2 cm³/mol. The number of amides is 1.